The molecule has 0 saturated carbocycles. The molecule has 2 rings (SSSR count). The van der Waals surface area contributed by atoms with Crippen LogP contribution in [0, 0.1) is 0 Å². The first-order chi connectivity index (χ1) is 9.43. The zero-order valence-corrected chi connectivity index (χ0v) is 12.7. The zero-order valence-electron chi connectivity index (χ0n) is 11.1. The van der Waals surface area contributed by atoms with E-state index < -0.39 is 24.5 Å². The van der Waals surface area contributed by atoms with Crippen LogP contribution in [-0.2, 0) is 6.18 Å². The normalized spacial score (nSPS) is 18.1. The van der Waals surface area contributed by atoms with E-state index in [1.807, 2.05) is 0 Å². The quantitative estimate of drug-likeness (QED) is 0.839. The highest BCUT2D eigenvalue weighted by atomic mass is 35.5. The first-order valence-corrected chi connectivity index (χ1v) is 6.68. The zero-order chi connectivity index (χ0) is 14.8. The molecule has 0 unspecified atom stereocenters. The van der Waals surface area contributed by atoms with Gasteiger partial charge in [0.25, 0.3) is 0 Å². The van der Waals surface area contributed by atoms with Gasteiger partial charge in [0.1, 0.15) is 6.67 Å². The van der Waals surface area contributed by atoms with Gasteiger partial charge >= 0.3 is 6.18 Å². The number of rotatable bonds is 3. The summed E-state index contributed by atoms with van der Waals surface area (Å²) in [6.45, 7) is 1.48. The molecule has 1 atom stereocenters. The number of nitrogens with zero attached hydrogens (tertiary/aromatic N) is 1. The molecule has 0 bridgehead atoms. The number of nitrogens with one attached hydrogen (secondary N) is 1. The molecular weight excluding hydrogens is 331 g/mol. The van der Waals surface area contributed by atoms with Crippen LogP contribution in [0.4, 0.5) is 17.6 Å². The van der Waals surface area contributed by atoms with E-state index in [0.29, 0.717) is 26.2 Å². The maximum Gasteiger partial charge on any atom is 0.416 e. The summed E-state index contributed by atoms with van der Waals surface area (Å²) in [5.74, 6) is 0. The van der Waals surface area contributed by atoms with E-state index >= 15 is 0 Å². The van der Waals surface area contributed by atoms with Crippen LogP contribution in [0.15, 0.2) is 18.2 Å². The Morgan fingerprint density at radius 1 is 1.24 bits per heavy atom. The Morgan fingerprint density at radius 3 is 2.38 bits per heavy atom. The average Bonchev–Trinajstić information content (AvgIpc) is 2.41. The Balaban J connectivity index is 0.00000220. The SMILES string of the molecule is Cl.FC[C@@H](c1ccc(Cl)cc1C(F)(F)F)N1CCNCC1. The van der Waals surface area contributed by atoms with E-state index in [1.165, 1.54) is 12.1 Å². The number of piperazine rings is 1. The van der Waals surface area contributed by atoms with Gasteiger partial charge < -0.3 is 5.32 Å². The van der Waals surface area contributed by atoms with Crippen LogP contribution < -0.4 is 5.32 Å². The molecule has 2 nitrogen and oxygen atoms in total. The summed E-state index contributed by atoms with van der Waals surface area (Å²) in [4.78, 5) is 1.73. The van der Waals surface area contributed by atoms with Crippen LogP contribution in [0.5, 0.6) is 0 Å². The van der Waals surface area contributed by atoms with Gasteiger partial charge in [-0.1, -0.05) is 17.7 Å². The molecule has 0 aromatic heterocycles. The summed E-state index contributed by atoms with van der Waals surface area (Å²) in [5, 5.41) is 3.09. The van der Waals surface area contributed by atoms with E-state index in [-0.39, 0.29) is 23.0 Å². The van der Waals surface area contributed by atoms with Crippen molar-refractivity contribution in [3.8, 4) is 0 Å². The molecule has 120 valence electrons. The minimum absolute atomic E-state index is 0. The molecule has 0 amide bonds. The molecule has 0 spiro atoms. The van der Waals surface area contributed by atoms with Crippen molar-refractivity contribution >= 4 is 24.0 Å². The third-order valence-electron chi connectivity index (χ3n) is 3.42. The summed E-state index contributed by atoms with van der Waals surface area (Å²) in [6, 6.07) is 2.63. The fraction of sp³-hybridized carbons (Fsp3) is 0.538. The van der Waals surface area contributed by atoms with Crippen LogP contribution in [0.1, 0.15) is 17.2 Å². The Bertz CT molecular complexity index is 462. The molecular formula is C13H16Cl2F4N2. The standard InChI is InChI=1S/C13H15ClF4N2.ClH/c14-9-1-2-10(11(7-9)13(16,17)18)12(8-15)20-5-3-19-4-6-20;/h1-2,7,12,19H,3-6,8H2;1H/t12-;/m0./s1. The van der Waals surface area contributed by atoms with Crippen LogP contribution in [0.2, 0.25) is 5.02 Å². The highest BCUT2D eigenvalue weighted by Gasteiger charge is 2.37. The van der Waals surface area contributed by atoms with Gasteiger partial charge in [-0.05, 0) is 17.7 Å². The Hall–Kier alpha value is -0.560. The number of alkyl halides is 4. The molecule has 1 heterocycles. The van der Waals surface area contributed by atoms with Crippen LogP contribution in [-0.4, -0.2) is 37.8 Å². The van der Waals surface area contributed by atoms with Crippen molar-refractivity contribution in [1.82, 2.24) is 10.2 Å². The summed E-state index contributed by atoms with van der Waals surface area (Å²) in [7, 11) is 0. The summed E-state index contributed by atoms with van der Waals surface area (Å²) < 4.78 is 52.6. The van der Waals surface area contributed by atoms with E-state index in [0.717, 1.165) is 6.07 Å². The lowest BCUT2D eigenvalue weighted by Crippen LogP contribution is -2.46. The van der Waals surface area contributed by atoms with Crippen molar-refractivity contribution in [2.75, 3.05) is 32.9 Å². The van der Waals surface area contributed by atoms with E-state index in [2.05, 4.69) is 5.32 Å². The molecule has 0 aliphatic carbocycles. The minimum atomic E-state index is -4.54. The molecule has 21 heavy (non-hydrogen) atoms. The molecule has 0 radical (unpaired) electrons. The average molecular weight is 347 g/mol. The second-order valence-electron chi connectivity index (χ2n) is 4.69. The highest BCUT2D eigenvalue weighted by molar-refractivity contribution is 6.30. The van der Waals surface area contributed by atoms with Gasteiger partial charge in [-0.2, -0.15) is 13.2 Å². The molecule has 1 aromatic rings. The predicted octanol–water partition coefficient (Wildman–Crippen LogP) is 3.70. The molecule has 8 heteroatoms. The number of halogens is 6. The number of benzene rings is 1. The third-order valence-corrected chi connectivity index (χ3v) is 3.65. The van der Waals surface area contributed by atoms with Crippen LogP contribution >= 0.6 is 24.0 Å². The lowest BCUT2D eigenvalue weighted by atomic mass is 9.99. The van der Waals surface area contributed by atoms with Crippen LogP contribution in [0.3, 0.4) is 0 Å². The lowest BCUT2D eigenvalue weighted by molar-refractivity contribution is -0.138. The second-order valence-corrected chi connectivity index (χ2v) is 5.12. The van der Waals surface area contributed by atoms with Gasteiger partial charge in [0, 0.05) is 31.2 Å². The second kappa shape index (κ2) is 7.63. The van der Waals surface area contributed by atoms with Gasteiger partial charge in [-0.15, -0.1) is 12.4 Å². The van der Waals surface area contributed by atoms with Gasteiger partial charge in [-0.3, -0.25) is 4.90 Å². The number of hydrogen-bond acceptors (Lipinski definition) is 2. The molecule has 1 aliphatic rings. The Kier molecular flexibility index (Phi) is 6.71. The first kappa shape index (κ1) is 18.5. The molecule has 1 N–H and O–H groups in total. The molecule has 1 aromatic carbocycles. The molecule has 1 fully saturated rings. The van der Waals surface area contributed by atoms with Crippen LogP contribution in [0.25, 0.3) is 0 Å². The maximum absolute atomic E-state index is 13.3. The van der Waals surface area contributed by atoms with Crippen molar-refractivity contribution in [1.29, 1.82) is 0 Å². The highest BCUT2D eigenvalue weighted by Crippen LogP contribution is 2.38. The molecule has 1 saturated heterocycles. The predicted molar refractivity (Wildman–Crippen MR) is 76.9 cm³/mol. The van der Waals surface area contributed by atoms with Crippen molar-refractivity contribution < 1.29 is 17.6 Å². The van der Waals surface area contributed by atoms with E-state index in [1.54, 1.807) is 4.90 Å². The van der Waals surface area contributed by atoms with E-state index in [4.69, 9.17) is 11.6 Å². The lowest BCUT2D eigenvalue weighted by Gasteiger charge is -2.34. The molecule has 1 aliphatic heterocycles. The minimum Gasteiger partial charge on any atom is -0.314 e. The largest absolute Gasteiger partial charge is 0.416 e. The van der Waals surface area contributed by atoms with Gasteiger partial charge in [0.15, 0.2) is 0 Å². The van der Waals surface area contributed by atoms with Gasteiger partial charge in [0.2, 0.25) is 0 Å². The topological polar surface area (TPSA) is 15.3 Å². The third kappa shape index (κ3) is 4.45. The van der Waals surface area contributed by atoms with Crippen molar-refractivity contribution in [3.63, 3.8) is 0 Å². The fourth-order valence-corrected chi connectivity index (χ4v) is 2.61. The Labute approximate surface area is 131 Å². The number of hydrogen-bond donors (Lipinski definition) is 1. The Morgan fingerprint density at radius 2 is 1.86 bits per heavy atom. The van der Waals surface area contributed by atoms with E-state index in [9.17, 15) is 17.6 Å². The first-order valence-electron chi connectivity index (χ1n) is 6.31. The smallest absolute Gasteiger partial charge is 0.314 e. The summed E-state index contributed by atoms with van der Waals surface area (Å²) >= 11 is 5.64. The van der Waals surface area contributed by atoms with Gasteiger partial charge in [-0.25, -0.2) is 4.39 Å². The van der Waals surface area contributed by atoms with Crippen molar-refractivity contribution in [2.24, 2.45) is 0 Å². The van der Waals surface area contributed by atoms with Crippen molar-refractivity contribution in [3.05, 3.63) is 34.3 Å². The summed E-state index contributed by atoms with van der Waals surface area (Å²) in [5.41, 5.74) is -0.905. The van der Waals surface area contributed by atoms with Gasteiger partial charge in [0.05, 0.1) is 11.6 Å². The fourth-order valence-electron chi connectivity index (χ4n) is 2.44. The summed E-state index contributed by atoms with van der Waals surface area (Å²) in [6.07, 6.45) is -4.54. The van der Waals surface area contributed by atoms with Crippen molar-refractivity contribution in [2.45, 2.75) is 12.2 Å². The monoisotopic (exact) mass is 346 g/mol. The maximum atomic E-state index is 13.3.